The summed E-state index contributed by atoms with van der Waals surface area (Å²) in [4.78, 5) is 4.98. The number of nitrogens with zero attached hydrogens (tertiary/aromatic N) is 3. The molecule has 0 bridgehead atoms. The zero-order valence-corrected chi connectivity index (χ0v) is 18.1. The van der Waals surface area contributed by atoms with Crippen molar-refractivity contribution in [3.05, 3.63) is 36.4 Å². The van der Waals surface area contributed by atoms with Gasteiger partial charge in [-0.05, 0) is 82.2 Å². The lowest BCUT2D eigenvalue weighted by molar-refractivity contribution is 0.165. The third-order valence-corrected chi connectivity index (χ3v) is 6.62. The van der Waals surface area contributed by atoms with Crippen molar-refractivity contribution < 1.29 is 9.47 Å². The molecule has 5 heteroatoms. The maximum Gasteiger partial charge on any atom is 0.121 e. The van der Waals surface area contributed by atoms with Crippen LogP contribution in [0.3, 0.4) is 0 Å². The van der Waals surface area contributed by atoms with Gasteiger partial charge in [0, 0.05) is 42.5 Å². The second-order valence-electron chi connectivity index (χ2n) is 8.71. The van der Waals surface area contributed by atoms with E-state index in [1.165, 1.54) is 60.8 Å². The number of aryl methyl sites for hydroxylation is 1. The van der Waals surface area contributed by atoms with E-state index < -0.39 is 0 Å². The van der Waals surface area contributed by atoms with Crippen LogP contribution in [-0.4, -0.2) is 66.8 Å². The Balaban J connectivity index is 1.24. The van der Waals surface area contributed by atoms with Gasteiger partial charge in [-0.1, -0.05) is 0 Å². The predicted molar refractivity (Wildman–Crippen MR) is 123 cm³/mol. The highest BCUT2D eigenvalue weighted by Crippen LogP contribution is 2.33. The van der Waals surface area contributed by atoms with Gasteiger partial charge in [0.25, 0.3) is 0 Å². The van der Waals surface area contributed by atoms with Crippen LogP contribution in [0.25, 0.3) is 21.8 Å². The monoisotopic (exact) mass is 407 g/mol. The summed E-state index contributed by atoms with van der Waals surface area (Å²) in [6, 6.07) is 12.9. The Morgan fingerprint density at radius 3 is 1.90 bits per heavy atom. The van der Waals surface area contributed by atoms with Crippen molar-refractivity contribution in [2.24, 2.45) is 7.05 Å². The van der Waals surface area contributed by atoms with Crippen molar-refractivity contribution in [1.82, 2.24) is 14.4 Å². The maximum absolute atomic E-state index is 6.05. The first-order chi connectivity index (χ1) is 14.8. The van der Waals surface area contributed by atoms with E-state index in [9.17, 15) is 0 Å². The number of fused-ring (bicyclic) bond motifs is 3. The van der Waals surface area contributed by atoms with Crippen LogP contribution < -0.4 is 9.47 Å². The predicted octanol–water partition coefficient (Wildman–Crippen LogP) is 4.28. The molecule has 30 heavy (non-hydrogen) atoms. The number of ether oxygens (including phenoxy) is 2. The van der Waals surface area contributed by atoms with Gasteiger partial charge < -0.3 is 23.8 Å². The van der Waals surface area contributed by atoms with Crippen LogP contribution in [0.15, 0.2) is 36.4 Å². The average molecular weight is 408 g/mol. The molecule has 5 nitrogen and oxygen atoms in total. The van der Waals surface area contributed by atoms with E-state index in [4.69, 9.17) is 9.47 Å². The van der Waals surface area contributed by atoms with Crippen LogP contribution >= 0.6 is 0 Å². The van der Waals surface area contributed by atoms with E-state index >= 15 is 0 Å². The second-order valence-corrected chi connectivity index (χ2v) is 8.71. The fourth-order valence-electron chi connectivity index (χ4n) is 4.52. The molecular weight excluding hydrogens is 374 g/mol. The van der Waals surface area contributed by atoms with Gasteiger partial charge in [-0.2, -0.15) is 0 Å². The summed E-state index contributed by atoms with van der Waals surface area (Å²) in [5.74, 6) is 1.92. The lowest BCUT2D eigenvalue weighted by Crippen LogP contribution is -2.38. The molecule has 0 amide bonds. The van der Waals surface area contributed by atoms with Gasteiger partial charge in [0.05, 0.1) is 18.7 Å². The van der Waals surface area contributed by atoms with Gasteiger partial charge in [-0.25, -0.2) is 0 Å². The third-order valence-electron chi connectivity index (χ3n) is 6.62. The molecule has 3 heterocycles. The zero-order chi connectivity index (χ0) is 20.3. The number of hydrogen-bond donors (Lipinski definition) is 0. The molecular formula is C25H33N3O2. The molecule has 0 radical (unpaired) electrons. The molecule has 5 rings (SSSR count). The highest BCUT2D eigenvalue weighted by atomic mass is 16.5. The van der Waals surface area contributed by atoms with Crippen molar-refractivity contribution in [3.8, 4) is 11.5 Å². The molecule has 2 fully saturated rings. The molecule has 0 atom stereocenters. The normalized spacial score (nSPS) is 17.2. The van der Waals surface area contributed by atoms with E-state index in [2.05, 4.69) is 57.8 Å². The molecule has 2 aliphatic rings. The summed E-state index contributed by atoms with van der Waals surface area (Å²) >= 11 is 0. The van der Waals surface area contributed by atoms with Crippen molar-refractivity contribution in [2.75, 3.05) is 52.5 Å². The Morgan fingerprint density at radius 1 is 0.700 bits per heavy atom. The van der Waals surface area contributed by atoms with Gasteiger partial charge in [-0.15, -0.1) is 0 Å². The summed E-state index contributed by atoms with van der Waals surface area (Å²) in [7, 11) is 2.13. The summed E-state index contributed by atoms with van der Waals surface area (Å²) in [5.41, 5.74) is 2.44. The molecule has 0 saturated carbocycles. The molecule has 0 N–H and O–H groups in total. The van der Waals surface area contributed by atoms with Gasteiger partial charge >= 0.3 is 0 Å². The van der Waals surface area contributed by atoms with E-state index in [1.54, 1.807) is 0 Å². The second kappa shape index (κ2) is 8.86. The van der Waals surface area contributed by atoms with Crippen molar-refractivity contribution in [1.29, 1.82) is 0 Å². The molecule has 2 saturated heterocycles. The first-order valence-electron chi connectivity index (χ1n) is 11.5. The van der Waals surface area contributed by atoms with Crippen LogP contribution in [0.2, 0.25) is 0 Å². The minimum absolute atomic E-state index is 0.779. The van der Waals surface area contributed by atoms with E-state index in [0.717, 1.165) is 50.6 Å². The van der Waals surface area contributed by atoms with Crippen molar-refractivity contribution >= 4 is 21.8 Å². The molecule has 160 valence electrons. The van der Waals surface area contributed by atoms with E-state index in [0.29, 0.717) is 0 Å². The largest absolute Gasteiger partial charge is 0.494 e. The Kier molecular flexibility index (Phi) is 5.82. The Bertz CT molecular complexity index is 1000. The first-order valence-corrected chi connectivity index (χ1v) is 11.5. The molecule has 0 spiro atoms. The Labute approximate surface area is 179 Å². The van der Waals surface area contributed by atoms with Crippen LogP contribution in [-0.2, 0) is 7.05 Å². The number of aromatic nitrogens is 1. The number of likely N-dealkylation sites (tertiary alicyclic amines) is 2. The molecule has 0 unspecified atom stereocenters. The SMILES string of the molecule is Cn1c2ccc(OCCCN3CCC3)cc2c2ccc(OCCCN3CCC3)cc21. The number of hydrogen-bond acceptors (Lipinski definition) is 4. The van der Waals surface area contributed by atoms with Crippen LogP contribution in [0.1, 0.15) is 25.7 Å². The molecule has 2 aromatic carbocycles. The zero-order valence-electron chi connectivity index (χ0n) is 18.1. The summed E-state index contributed by atoms with van der Waals surface area (Å²) < 4.78 is 14.3. The Morgan fingerprint density at radius 2 is 1.30 bits per heavy atom. The van der Waals surface area contributed by atoms with Gasteiger partial charge in [0.15, 0.2) is 0 Å². The lowest BCUT2D eigenvalue weighted by atomic mass is 10.1. The van der Waals surface area contributed by atoms with Crippen LogP contribution in [0.5, 0.6) is 11.5 Å². The van der Waals surface area contributed by atoms with E-state index in [-0.39, 0.29) is 0 Å². The number of rotatable bonds is 10. The summed E-state index contributed by atoms with van der Waals surface area (Å²) in [6.07, 6.45) is 4.88. The molecule has 3 aromatic rings. The minimum atomic E-state index is 0.779. The average Bonchev–Trinajstić information content (AvgIpc) is 2.96. The fraction of sp³-hybridized carbons (Fsp3) is 0.520. The summed E-state index contributed by atoms with van der Waals surface area (Å²) in [6.45, 7) is 8.88. The van der Waals surface area contributed by atoms with Gasteiger partial charge in [0.2, 0.25) is 0 Å². The maximum atomic E-state index is 6.05. The molecule has 2 aliphatic heterocycles. The number of benzene rings is 2. The topological polar surface area (TPSA) is 29.9 Å². The minimum Gasteiger partial charge on any atom is -0.494 e. The van der Waals surface area contributed by atoms with Gasteiger partial charge in [-0.3, -0.25) is 0 Å². The Hall–Kier alpha value is -2.24. The van der Waals surface area contributed by atoms with Gasteiger partial charge in [0.1, 0.15) is 11.5 Å². The lowest BCUT2D eigenvalue weighted by Gasteiger charge is -2.30. The first kappa shape index (κ1) is 19.7. The smallest absolute Gasteiger partial charge is 0.121 e. The highest BCUT2D eigenvalue weighted by Gasteiger charge is 2.14. The molecule has 0 aliphatic carbocycles. The van der Waals surface area contributed by atoms with Crippen LogP contribution in [0.4, 0.5) is 0 Å². The quantitative estimate of drug-likeness (QED) is 0.469. The molecule has 1 aromatic heterocycles. The standard InChI is InChI=1S/C25H33N3O2/c1-26-24-9-7-20(29-16-4-14-27-10-2-11-27)18-23(24)22-8-6-21(19-25(22)26)30-17-5-15-28-12-3-13-28/h6-9,18-19H,2-5,10-17H2,1H3. The summed E-state index contributed by atoms with van der Waals surface area (Å²) in [5, 5.41) is 2.50. The fourth-order valence-corrected chi connectivity index (χ4v) is 4.52. The van der Waals surface area contributed by atoms with Crippen molar-refractivity contribution in [2.45, 2.75) is 25.7 Å². The third kappa shape index (κ3) is 4.14. The highest BCUT2D eigenvalue weighted by molar-refractivity contribution is 6.08. The van der Waals surface area contributed by atoms with Crippen LogP contribution in [0, 0.1) is 0 Å². The van der Waals surface area contributed by atoms with Crippen molar-refractivity contribution in [3.63, 3.8) is 0 Å². The van der Waals surface area contributed by atoms with E-state index in [1.807, 2.05) is 0 Å².